The minimum atomic E-state index is 0.445. The molecule has 1 nitrogen and oxygen atoms in total. The fraction of sp³-hybridized carbons (Fsp3) is 0.800. The van der Waals surface area contributed by atoms with Crippen molar-refractivity contribution < 1.29 is 0 Å². The summed E-state index contributed by atoms with van der Waals surface area (Å²) < 4.78 is 0. The highest BCUT2D eigenvalue weighted by atomic mass is 14.6. The SMILES string of the molecule is C=C(C)C1CCC(N)CC1C. The monoisotopic (exact) mass is 153 g/mol. The number of hydrogen-bond donors (Lipinski definition) is 1. The molecular weight excluding hydrogens is 134 g/mol. The molecule has 0 radical (unpaired) electrons. The Morgan fingerprint density at radius 3 is 2.55 bits per heavy atom. The van der Waals surface area contributed by atoms with Crippen LogP contribution < -0.4 is 5.73 Å². The Bertz CT molecular complexity index is 151. The van der Waals surface area contributed by atoms with Gasteiger partial charge in [-0.15, -0.1) is 0 Å². The van der Waals surface area contributed by atoms with Crippen LogP contribution in [0.3, 0.4) is 0 Å². The predicted octanol–water partition coefficient (Wildman–Crippen LogP) is 2.33. The van der Waals surface area contributed by atoms with Crippen LogP contribution in [-0.4, -0.2) is 6.04 Å². The molecule has 0 bridgehead atoms. The summed E-state index contributed by atoms with van der Waals surface area (Å²) in [6.45, 7) is 8.44. The van der Waals surface area contributed by atoms with Crippen molar-refractivity contribution in [2.75, 3.05) is 0 Å². The molecule has 1 saturated carbocycles. The zero-order chi connectivity index (χ0) is 8.43. The van der Waals surface area contributed by atoms with E-state index in [1.165, 1.54) is 24.8 Å². The zero-order valence-corrected chi connectivity index (χ0v) is 7.64. The molecule has 1 rings (SSSR count). The normalized spacial score (nSPS) is 38.6. The Morgan fingerprint density at radius 1 is 1.45 bits per heavy atom. The van der Waals surface area contributed by atoms with E-state index in [2.05, 4.69) is 20.4 Å². The summed E-state index contributed by atoms with van der Waals surface area (Å²) in [7, 11) is 0. The largest absolute Gasteiger partial charge is 0.328 e. The molecule has 0 amide bonds. The Kier molecular flexibility index (Phi) is 2.72. The fourth-order valence-corrected chi connectivity index (χ4v) is 2.17. The summed E-state index contributed by atoms with van der Waals surface area (Å²) in [6.07, 6.45) is 3.61. The van der Waals surface area contributed by atoms with Crippen LogP contribution >= 0.6 is 0 Å². The van der Waals surface area contributed by atoms with Gasteiger partial charge in [0.05, 0.1) is 0 Å². The molecule has 2 N–H and O–H groups in total. The lowest BCUT2D eigenvalue weighted by atomic mass is 9.75. The lowest BCUT2D eigenvalue weighted by Gasteiger charge is -2.32. The smallest absolute Gasteiger partial charge is 0.00417 e. The Morgan fingerprint density at radius 2 is 2.09 bits per heavy atom. The summed E-state index contributed by atoms with van der Waals surface area (Å²) in [5.74, 6) is 1.48. The molecule has 3 unspecified atom stereocenters. The summed E-state index contributed by atoms with van der Waals surface area (Å²) >= 11 is 0. The second-order valence-corrected chi connectivity index (χ2v) is 4.00. The third-order valence-corrected chi connectivity index (χ3v) is 2.84. The highest BCUT2D eigenvalue weighted by Crippen LogP contribution is 2.33. The summed E-state index contributed by atoms with van der Waals surface area (Å²) in [5.41, 5.74) is 7.20. The Labute approximate surface area is 69.7 Å². The first-order chi connectivity index (χ1) is 5.11. The van der Waals surface area contributed by atoms with Gasteiger partial charge in [-0.05, 0) is 38.0 Å². The summed E-state index contributed by atoms with van der Waals surface area (Å²) in [6, 6.07) is 0.445. The maximum atomic E-state index is 5.86. The molecule has 0 aromatic rings. The minimum Gasteiger partial charge on any atom is -0.328 e. The van der Waals surface area contributed by atoms with Crippen LogP contribution in [0.2, 0.25) is 0 Å². The summed E-state index contributed by atoms with van der Waals surface area (Å²) in [4.78, 5) is 0. The Hall–Kier alpha value is -0.300. The molecule has 11 heavy (non-hydrogen) atoms. The average Bonchev–Trinajstić information content (AvgIpc) is 1.85. The van der Waals surface area contributed by atoms with Gasteiger partial charge in [0, 0.05) is 6.04 Å². The second kappa shape index (κ2) is 3.40. The van der Waals surface area contributed by atoms with Crippen LogP contribution in [0.5, 0.6) is 0 Å². The van der Waals surface area contributed by atoms with E-state index >= 15 is 0 Å². The molecule has 64 valence electrons. The molecule has 0 spiro atoms. The molecule has 0 aromatic heterocycles. The van der Waals surface area contributed by atoms with Gasteiger partial charge in [0.1, 0.15) is 0 Å². The van der Waals surface area contributed by atoms with Crippen LogP contribution in [0, 0.1) is 11.8 Å². The highest BCUT2D eigenvalue weighted by Gasteiger charge is 2.25. The van der Waals surface area contributed by atoms with Gasteiger partial charge in [0.25, 0.3) is 0 Å². The van der Waals surface area contributed by atoms with E-state index in [0.29, 0.717) is 6.04 Å². The number of rotatable bonds is 1. The summed E-state index contributed by atoms with van der Waals surface area (Å²) in [5, 5.41) is 0. The number of nitrogens with two attached hydrogens (primary N) is 1. The first-order valence-corrected chi connectivity index (χ1v) is 4.52. The molecule has 0 saturated heterocycles. The van der Waals surface area contributed by atoms with E-state index in [0.717, 1.165) is 11.8 Å². The molecule has 0 heterocycles. The van der Waals surface area contributed by atoms with Crippen molar-refractivity contribution in [3.8, 4) is 0 Å². The molecule has 0 aromatic carbocycles. The molecule has 0 aliphatic heterocycles. The van der Waals surface area contributed by atoms with Gasteiger partial charge in [-0.2, -0.15) is 0 Å². The maximum absolute atomic E-state index is 5.86. The molecule has 1 aliphatic rings. The van der Waals surface area contributed by atoms with Crippen molar-refractivity contribution in [2.45, 2.75) is 39.2 Å². The van der Waals surface area contributed by atoms with E-state index in [4.69, 9.17) is 5.73 Å². The average molecular weight is 153 g/mol. The van der Waals surface area contributed by atoms with Gasteiger partial charge in [0.15, 0.2) is 0 Å². The maximum Gasteiger partial charge on any atom is 0.00417 e. The van der Waals surface area contributed by atoms with E-state index in [-0.39, 0.29) is 0 Å². The van der Waals surface area contributed by atoms with Crippen molar-refractivity contribution in [3.63, 3.8) is 0 Å². The van der Waals surface area contributed by atoms with E-state index in [9.17, 15) is 0 Å². The minimum absolute atomic E-state index is 0.445. The lowest BCUT2D eigenvalue weighted by Crippen LogP contribution is -2.32. The van der Waals surface area contributed by atoms with Crippen LogP contribution in [0.25, 0.3) is 0 Å². The van der Waals surface area contributed by atoms with Crippen molar-refractivity contribution >= 4 is 0 Å². The van der Waals surface area contributed by atoms with Gasteiger partial charge in [0.2, 0.25) is 0 Å². The molecular formula is C10H19N. The second-order valence-electron chi connectivity index (χ2n) is 4.00. The van der Waals surface area contributed by atoms with Crippen LogP contribution in [0.1, 0.15) is 33.1 Å². The van der Waals surface area contributed by atoms with Crippen molar-refractivity contribution in [1.29, 1.82) is 0 Å². The first-order valence-electron chi connectivity index (χ1n) is 4.52. The molecule has 3 atom stereocenters. The van der Waals surface area contributed by atoms with Crippen molar-refractivity contribution in [2.24, 2.45) is 17.6 Å². The van der Waals surface area contributed by atoms with Crippen LogP contribution in [0.4, 0.5) is 0 Å². The number of hydrogen-bond acceptors (Lipinski definition) is 1. The van der Waals surface area contributed by atoms with Crippen LogP contribution in [0.15, 0.2) is 12.2 Å². The van der Waals surface area contributed by atoms with Gasteiger partial charge < -0.3 is 5.73 Å². The van der Waals surface area contributed by atoms with Crippen molar-refractivity contribution in [1.82, 2.24) is 0 Å². The standard InChI is InChI=1S/C10H19N/c1-7(2)10-5-4-9(11)6-8(10)3/h8-10H,1,4-6,11H2,2-3H3. The van der Waals surface area contributed by atoms with E-state index in [1.807, 2.05) is 0 Å². The van der Waals surface area contributed by atoms with Gasteiger partial charge >= 0.3 is 0 Å². The zero-order valence-electron chi connectivity index (χ0n) is 7.64. The van der Waals surface area contributed by atoms with Crippen molar-refractivity contribution in [3.05, 3.63) is 12.2 Å². The van der Waals surface area contributed by atoms with Gasteiger partial charge in [-0.25, -0.2) is 0 Å². The topological polar surface area (TPSA) is 26.0 Å². The molecule has 1 fully saturated rings. The third-order valence-electron chi connectivity index (χ3n) is 2.84. The quantitative estimate of drug-likeness (QED) is 0.575. The predicted molar refractivity (Wildman–Crippen MR) is 49.3 cm³/mol. The van der Waals surface area contributed by atoms with E-state index < -0.39 is 0 Å². The highest BCUT2D eigenvalue weighted by molar-refractivity contribution is 5.00. The fourth-order valence-electron chi connectivity index (χ4n) is 2.17. The number of allylic oxidation sites excluding steroid dienone is 1. The van der Waals surface area contributed by atoms with E-state index in [1.54, 1.807) is 0 Å². The Balaban J connectivity index is 2.50. The van der Waals surface area contributed by atoms with Crippen LogP contribution in [-0.2, 0) is 0 Å². The van der Waals surface area contributed by atoms with Gasteiger partial charge in [-0.1, -0.05) is 19.1 Å². The first kappa shape index (κ1) is 8.79. The lowest BCUT2D eigenvalue weighted by molar-refractivity contribution is 0.266. The molecule has 1 heteroatoms. The third kappa shape index (κ3) is 2.06. The molecule has 1 aliphatic carbocycles. The van der Waals surface area contributed by atoms with Gasteiger partial charge in [-0.3, -0.25) is 0 Å².